The summed E-state index contributed by atoms with van der Waals surface area (Å²) in [5.41, 5.74) is 3.02. The molecule has 6 nitrogen and oxygen atoms in total. The first-order chi connectivity index (χ1) is 13.2. The third kappa shape index (κ3) is 4.63. The molecule has 28 heavy (non-hydrogen) atoms. The Labute approximate surface area is 177 Å². The molecule has 1 heterocycles. The molecule has 0 spiro atoms. The minimum Gasteiger partial charge on any atom is -0.314 e. The van der Waals surface area contributed by atoms with Crippen LogP contribution < -0.4 is 9.62 Å². The highest BCUT2D eigenvalue weighted by molar-refractivity contribution is 9.10. The van der Waals surface area contributed by atoms with E-state index in [1.807, 2.05) is 31.9 Å². The number of rotatable bonds is 5. The summed E-state index contributed by atoms with van der Waals surface area (Å²) in [5.74, 6) is 0.576. The summed E-state index contributed by atoms with van der Waals surface area (Å²) in [6, 6.07) is 13.5. The average molecular weight is 482 g/mol. The van der Waals surface area contributed by atoms with Gasteiger partial charge < -0.3 is 4.90 Å². The van der Waals surface area contributed by atoms with Gasteiger partial charge in [0, 0.05) is 34.3 Å². The number of nitrogens with zero attached hydrogens (tertiary/aromatic N) is 3. The first kappa shape index (κ1) is 20.6. The van der Waals surface area contributed by atoms with Crippen LogP contribution in [-0.2, 0) is 10.0 Å². The monoisotopic (exact) mass is 480 g/mol. The summed E-state index contributed by atoms with van der Waals surface area (Å²) in [4.78, 5) is 10.7. The molecule has 0 saturated heterocycles. The van der Waals surface area contributed by atoms with Gasteiger partial charge in [0.05, 0.1) is 5.02 Å². The lowest BCUT2D eigenvalue weighted by atomic mass is 10.2. The normalized spacial score (nSPS) is 11.3. The van der Waals surface area contributed by atoms with E-state index >= 15 is 0 Å². The lowest BCUT2D eigenvalue weighted by molar-refractivity contribution is 0.601. The second-order valence-electron chi connectivity index (χ2n) is 6.24. The Kier molecular flexibility index (Phi) is 5.92. The van der Waals surface area contributed by atoms with Gasteiger partial charge in [0.15, 0.2) is 0 Å². The average Bonchev–Trinajstić information content (AvgIpc) is 2.60. The van der Waals surface area contributed by atoms with Gasteiger partial charge >= 0.3 is 0 Å². The SMILES string of the molecule is Cc1cc(C)nc(N(C)c2ccc(NS(=O)(=O)c3ccc(Br)cc3Cl)cc2)n1. The molecule has 2 aromatic carbocycles. The van der Waals surface area contributed by atoms with Gasteiger partial charge in [-0.1, -0.05) is 27.5 Å². The Hall–Kier alpha value is -2.16. The molecule has 0 radical (unpaired) electrons. The van der Waals surface area contributed by atoms with Crippen molar-refractivity contribution in [2.24, 2.45) is 0 Å². The Bertz CT molecular complexity index is 1100. The number of benzene rings is 2. The number of anilines is 3. The van der Waals surface area contributed by atoms with Gasteiger partial charge in [0.1, 0.15) is 4.90 Å². The molecule has 1 N–H and O–H groups in total. The van der Waals surface area contributed by atoms with Crippen LogP contribution in [-0.4, -0.2) is 25.4 Å². The van der Waals surface area contributed by atoms with E-state index in [0.717, 1.165) is 17.1 Å². The zero-order valence-corrected chi connectivity index (χ0v) is 18.6. The number of aromatic nitrogens is 2. The number of nitrogens with one attached hydrogen (secondary N) is 1. The van der Waals surface area contributed by atoms with Crippen molar-refractivity contribution in [1.29, 1.82) is 0 Å². The quantitative estimate of drug-likeness (QED) is 0.550. The fraction of sp³-hybridized carbons (Fsp3) is 0.158. The van der Waals surface area contributed by atoms with E-state index in [2.05, 4.69) is 30.6 Å². The minimum atomic E-state index is -3.80. The van der Waals surface area contributed by atoms with Gasteiger partial charge in [0.25, 0.3) is 10.0 Å². The largest absolute Gasteiger partial charge is 0.314 e. The Morgan fingerprint density at radius 2 is 1.61 bits per heavy atom. The molecule has 0 unspecified atom stereocenters. The van der Waals surface area contributed by atoms with Crippen molar-refractivity contribution in [3.05, 3.63) is 69.4 Å². The van der Waals surface area contributed by atoms with Crippen molar-refractivity contribution in [3.63, 3.8) is 0 Å². The molecule has 0 bridgehead atoms. The fourth-order valence-corrected chi connectivity index (χ4v) is 4.73. The van der Waals surface area contributed by atoms with E-state index in [-0.39, 0.29) is 9.92 Å². The van der Waals surface area contributed by atoms with E-state index < -0.39 is 10.0 Å². The molecule has 0 aliphatic heterocycles. The Morgan fingerprint density at radius 3 is 2.18 bits per heavy atom. The molecule has 146 valence electrons. The summed E-state index contributed by atoms with van der Waals surface area (Å²) >= 11 is 9.34. The second kappa shape index (κ2) is 8.06. The highest BCUT2D eigenvalue weighted by Gasteiger charge is 2.18. The molecule has 0 aliphatic rings. The van der Waals surface area contributed by atoms with Gasteiger partial charge in [-0.15, -0.1) is 0 Å². The molecule has 9 heteroatoms. The standard InChI is InChI=1S/C19H18BrClN4O2S/c1-12-10-13(2)23-19(22-12)25(3)16-7-5-15(6-8-16)24-28(26,27)18-9-4-14(20)11-17(18)21/h4-11,24H,1-3H3. The maximum absolute atomic E-state index is 12.6. The second-order valence-corrected chi connectivity index (χ2v) is 9.21. The van der Waals surface area contributed by atoms with E-state index in [4.69, 9.17) is 11.6 Å². The zero-order chi connectivity index (χ0) is 20.5. The lowest BCUT2D eigenvalue weighted by Crippen LogP contribution is -2.15. The maximum atomic E-state index is 12.6. The van der Waals surface area contributed by atoms with Crippen LogP contribution in [0.15, 0.2) is 57.9 Å². The van der Waals surface area contributed by atoms with E-state index in [9.17, 15) is 8.42 Å². The molecule has 0 aliphatic carbocycles. The Morgan fingerprint density at radius 1 is 1.00 bits per heavy atom. The van der Waals surface area contributed by atoms with Crippen LogP contribution in [0, 0.1) is 13.8 Å². The van der Waals surface area contributed by atoms with Gasteiger partial charge in [-0.25, -0.2) is 18.4 Å². The summed E-state index contributed by atoms with van der Waals surface area (Å²) in [6.07, 6.45) is 0. The first-order valence-corrected chi connectivity index (χ1v) is 10.9. The summed E-state index contributed by atoms with van der Waals surface area (Å²) in [7, 11) is -1.94. The van der Waals surface area contributed by atoms with Gasteiger partial charge in [-0.2, -0.15) is 0 Å². The van der Waals surface area contributed by atoms with E-state index in [0.29, 0.717) is 16.1 Å². The van der Waals surface area contributed by atoms with Crippen LogP contribution in [0.4, 0.5) is 17.3 Å². The van der Waals surface area contributed by atoms with Crippen LogP contribution in [0.2, 0.25) is 5.02 Å². The molecule has 0 fully saturated rings. The minimum absolute atomic E-state index is 0.0159. The van der Waals surface area contributed by atoms with Crippen molar-refractivity contribution < 1.29 is 8.42 Å². The van der Waals surface area contributed by atoms with Crippen LogP contribution in [0.3, 0.4) is 0 Å². The molecular weight excluding hydrogens is 464 g/mol. The molecule has 0 saturated carbocycles. The van der Waals surface area contributed by atoms with E-state index in [1.165, 1.54) is 12.1 Å². The van der Waals surface area contributed by atoms with Crippen LogP contribution >= 0.6 is 27.5 Å². The first-order valence-electron chi connectivity index (χ1n) is 8.30. The highest BCUT2D eigenvalue weighted by atomic mass is 79.9. The molecule has 1 aromatic heterocycles. The summed E-state index contributed by atoms with van der Waals surface area (Å²) < 4.78 is 28.5. The molecule has 3 rings (SSSR count). The number of hydrogen-bond donors (Lipinski definition) is 1. The number of hydrogen-bond acceptors (Lipinski definition) is 5. The number of halogens is 2. The summed E-state index contributed by atoms with van der Waals surface area (Å²) in [5, 5.41) is 0.144. The van der Waals surface area contributed by atoms with Crippen molar-refractivity contribution in [3.8, 4) is 0 Å². The predicted molar refractivity (Wildman–Crippen MR) is 116 cm³/mol. The van der Waals surface area contributed by atoms with E-state index in [1.54, 1.807) is 30.3 Å². The van der Waals surface area contributed by atoms with Crippen molar-refractivity contribution in [2.45, 2.75) is 18.7 Å². The third-order valence-electron chi connectivity index (χ3n) is 3.96. The Balaban J connectivity index is 1.82. The van der Waals surface area contributed by atoms with Crippen LogP contribution in [0.25, 0.3) is 0 Å². The summed E-state index contributed by atoms with van der Waals surface area (Å²) in [6.45, 7) is 3.83. The maximum Gasteiger partial charge on any atom is 0.263 e. The molecule has 0 amide bonds. The van der Waals surface area contributed by atoms with Gasteiger partial charge in [-0.3, -0.25) is 4.72 Å². The van der Waals surface area contributed by atoms with Gasteiger partial charge in [-0.05, 0) is 62.4 Å². The molecular formula is C19H18BrClN4O2S. The lowest BCUT2D eigenvalue weighted by Gasteiger charge is -2.18. The fourth-order valence-electron chi connectivity index (χ4n) is 2.63. The van der Waals surface area contributed by atoms with Gasteiger partial charge in [0.2, 0.25) is 5.95 Å². The predicted octanol–water partition coefficient (Wildman–Crippen LogP) is 5.08. The number of sulfonamides is 1. The van der Waals surface area contributed by atoms with Crippen LogP contribution in [0.1, 0.15) is 11.4 Å². The van der Waals surface area contributed by atoms with Crippen LogP contribution in [0.5, 0.6) is 0 Å². The zero-order valence-electron chi connectivity index (χ0n) is 15.4. The molecule has 3 aromatic rings. The van der Waals surface area contributed by atoms with Crippen molar-refractivity contribution >= 4 is 54.9 Å². The highest BCUT2D eigenvalue weighted by Crippen LogP contribution is 2.28. The number of aryl methyl sites for hydroxylation is 2. The van der Waals surface area contributed by atoms with Crippen molar-refractivity contribution in [2.75, 3.05) is 16.7 Å². The smallest absolute Gasteiger partial charge is 0.263 e. The topological polar surface area (TPSA) is 75.2 Å². The van der Waals surface area contributed by atoms with Crippen molar-refractivity contribution in [1.82, 2.24) is 9.97 Å². The molecule has 0 atom stereocenters. The third-order valence-corrected chi connectivity index (χ3v) is 6.32.